The third-order valence-electron chi connectivity index (χ3n) is 3.62. The molecule has 1 aliphatic heterocycles. The average molecular weight is 193 g/mol. The number of rotatable bonds is 2. The third-order valence-corrected chi connectivity index (χ3v) is 3.62. The number of aromatic nitrogens is 2. The minimum absolute atomic E-state index is 0.383. The lowest BCUT2D eigenvalue weighted by atomic mass is 9.76. The summed E-state index contributed by atoms with van der Waals surface area (Å²) in [7, 11) is 1.98. The topological polar surface area (TPSA) is 29.9 Å². The van der Waals surface area contributed by atoms with Crippen molar-refractivity contribution < 1.29 is 0 Å². The van der Waals surface area contributed by atoms with Crippen molar-refractivity contribution in [3.63, 3.8) is 0 Å². The second kappa shape index (κ2) is 3.39. The van der Waals surface area contributed by atoms with Gasteiger partial charge in [-0.2, -0.15) is 5.10 Å². The molecule has 0 bridgehead atoms. The van der Waals surface area contributed by atoms with Crippen LogP contribution in [-0.2, 0) is 7.05 Å². The first-order valence-electron chi connectivity index (χ1n) is 5.36. The first kappa shape index (κ1) is 9.71. The number of nitrogens with zero attached hydrogens (tertiary/aromatic N) is 2. The summed E-state index contributed by atoms with van der Waals surface area (Å²) in [6.07, 6.45) is 3.24. The third kappa shape index (κ3) is 1.46. The molecule has 1 fully saturated rings. The van der Waals surface area contributed by atoms with Gasteiger partial charge in [0.1, 0.15) is 0 Å². The van der Waals surface area contributed by atoms with Gasteiger partial charge in [0.05, 0.1) is 5.69 Å². The van der Waals surface area contributed by atoms with E-state index >= 15 is 0 Å². The first-order chi connectivity index (χ1) is 6.65. The maximum Gasteiger partial charge on any atom is 0.0673 e. The van der Waals surface area contributed by atoms with E-state index in [9.17, 15) is 0 Å². The predicted molar refractivity (Wildman–Crippen MR) is 57.2 cm³/mol. The molecule has 1 N–H and O–H groups in total. The van der Waals surface area contributed by atoms with Gasteiger partial charge in [-0.25, -0.2) is 0 Å². The molecule has 0 radical (unpaired) electrons. The smallest absolute Gasteiger partial charge is 0.0673 e. The fraction of sp³-hybridized carbons (Fsp3) is 0.727. The van der Waals surface area contributed by atoms with Gasteiger partial charge in [-0.1, -0.05) is 13.8 Å². The summed E-state index contributed by atoms with van der Waals surface area (Å²) in [4.78, 5) is 0. The quantitative estimate of drug-likeness (QED) is 0.772. The molecule has 2 rings (SSSR count). The lowest BCUT2D eigenvalue weighted by Crippen LogP contribution is -2.24. The molecule has 0 aliphatic carbocycles. The minimum atomic E-state index is 0.383. The summed E-state index contributed by atoms with van der Waals surface area (Å²) < 4.78 is 1.89. The van der Waals surface area contributed by atoms with Crippen LogP contribution in [-0.4, -0.2) is 22.9 Å². The van der Waals surface area contributed by atoms with Gasteiger partial charge >= 0.3 is 0 Å². The van der Waals surface area contributed by atoms with E-state index in [2.05, 4.69) is 30.3 Å². The SMILES string of the molecule is CC[C@@]1(C)CNC[C@H]1c1ccn(C)n1. The lowest BCUT2D eigenvalue weighted by Gasteiger charge is -2.27. The van der Waals surface area contributed by atoms with E-state index in [-0.39, 0.29) is 0 Å². The minimum Gasteiger partial charge on any atom is -0.315 e. The molecule has 1 aromatic heterocycles. The Bertz CT molecular complexity index is 318. The normalized spacial score (nSPS) is 32.4. The highest BCUT2D eigenvalue weighted by Crippen LogP contribution is 2.40. The summed E-state index contributed by atoms with van der Waals surface area (Å²) in [5.41, 5.74) is 1.62. The van der Waals surface area contributed by atoms with E-state index in [1.54, 1.807) is 0 Å². The van der Waals surface area contributed by atoms with Crippen molar-refractivity contribution >= 4 is 0 Å². The van der Waals surface area contributed by atoms with E-state index in [1.807, 2.05) is 17.9 Å². The molecule has 3 nitrogen and oxygen atoms in total. The molecule has 3 heteroatoms. The van der Waals surface area contributed by atoms with Gasteiger partial charge < -0.3 is 5.32 Å². The van der Waals surface area contributed by atoms with E-state index in [4.69, 9.17) is 0 Å². The molecule has 0 unspecified atom stereocenters. The van der Waals surface area contributed by atoms with E-state index < -0.39 is 0 Å². The predicted octanol–water partition coefficient (Wildman–Crippen LogP) is 1.52. The van der Waals surface area contributed by atoms with Crippen molar-refractivity contribution in [2.24, 2.45) is 12.5 Å². The van der Waals surface area contributed by atoms with E-state index in [0.29, 0.717) is 11.3 Å². The Kier molecular flexibility index (Phi) is 2.35. The maximum atomic E-state index is 4.51. The van der Waals surface area contributed by atoms with Gasteiger partial charge in [0, 0.05) is 32.3 Å². The first-order valence-corrected chi connectivity index (χ1v) is 5.36. The Balaban J connectivity index is 2.26. The summed E-state index contributed by atoms with van der Waals surface area (Å²) in [6, 6.07) is 2.14. The summed E-state index contributed by atoms with van der Waals surface area (Å²) in [5, 5.41) is 7.99. The van der Waals surface area contributed by atoms with E-state index in [0.717, 1.165) is 13.1 Å². The molecule has 2 atom stereocenters. The highest BCUT2D eigenvalue weighted by atomic mass is 15.3. The number of hydrogen-bond acceptors (Lipinski definition) is 2. The second-order valence-electron chi connectivity index (χ2n) is 4.61. The zero-order chi connectivity index (χ0) is 10.2. The molecule has 1 aromatic rings. The van der Waals surface area contributed by atoms with Crippen LogP contribution >= 0.6 is 0 Å². The Morgan fingerprint density at radius 3 is 3.07 bits per heavy atom. The standard InChI is InChI=1S/C11H19N3/c1-4-11(2)8-12-7-9(11)10-5-6-14(3)13-10/h5-6,9,12H,4,7-8H2,1-3H3/t9-,11-/m0/s1. The van der Waals surface area contributed by atoms with Gasteiger partial charge in [-0.05, 0) is 17.9 Å². The van der Waals surface area contributed by atoms with Crippen molar-refractivity contribution in [2.45, 2.75) is 26.2 Å². The highest BCUT2D eigenvalue weighted by Gasteiger charge is 2.39. The van der Waals surface area contributed by atoms with Gasteiger partial charge in [-0.15, -0.1) is 0 Å². The van der Waals surface area contributed by atoms with E-state index in [1.165, 1.54) is 12.1 Å². The van der Waals surface area contributed by atoms with Crippen LogP contribution < -0.4 is 5.32 Å². The number of hydrogen-bond donors (Lipinski definition) is 1. The van der Waals surface area contributed by atoms with Gasteiger partial charge in [-0.3, -0.25) is 4.68 Å². The Morgan fingerprint density at radius 1 is 1.71 bits per heavy atom. The maximum absolute atomic E-state index is 4.51. The molecule has 1 saturated heterocycles. The highest BCUT2D eigenvalue weighted by molar-refractivity contribution is 5.15. The molecule has 0 spiro atoms. The summed E-state index contributed by atoms with van der Waals surface area (Å²) in [5.74, 6) is 0.577. The van der Waals surface area contributed by atoms with Crippen LogP contribution in [0.4, 0.5) is 0 Å². The van der Waals surface area contributed by atoms with Crippen molar-refractivity contribution in [1.29, 1.82) is 0 Å². The average Bonchev–Trinajstić information content (AvgIpc) is 2.73. The molecule has 0 aromatic carbocycles. The van der Waals surface area contributed by atoms with Crippen LogP contribution in [0.15, 0.2) is 12.3 Å². The largest absolute Gasteiger partial charge is 0.315 e. The van der Waals surface area contributed by atoms with Crippen molar-refractivity contribution in [1.82, 2.24) is 15.1 Å². The lowest BCUT2D eigenvalue weighted by molar-refractivity contribution is 0.303. The fourth-order valence-electron chi connectivity index (χ4n) is 2.32. The number of nitrogens with one attached hydrogen (secondary N) is 1. The molecule has 0 saturated carbocycles. The van der Waals surface area contributed by atoms with Crippen LogP contribution in [0, 0.1) is 5.41 Å². The zero-order valence-corrected chi connectivity index (χ0v) is 9.25. The van der Waals surface area contributed by atoms with Crippen LogP contribution in [0.2, 0.25) is 0 Å². The fourth-order valence-corrected chi connectivity index (χ4v) is 2.32. The Hall–Kier alpha value is -0.830. The Labute approximate surface area is 85.5 Å². The zero-order valence-electron chi connectivity index (χ0n) is 9.25. The van der Waals surface area contributed by atoms with Crippen LogP contribution in [0.3, 0.4) is 0 Å². The molecule has 0 amide bonds. The van der Waals surface area contributed by atoms with Gasteiger partial charge in [0.15, 0.2) is 0 Å². The number of aryl methyl sites for hydroxylation is 1. The van der Waals surface area contributed by atoms with Crippen molar-refractivity contribution in [2.75, 3.05) is 13.1 Å². The molecule has 78 valence electrons. The molecule has 1 aliphatic rings. The molecule has 14 heavy (non-hydrogen) atoms. The van der Waals surface area contributed by atoms with Gasteiger partial charge in [0.2, 0.25) is 0 Å². The van der Waals surface area contributed by atoms with Crippen molar-refractivity contribution in [3.05, 3.63) is 18.0 Å². The van der Waals surface area contributed by atoms with Crippen LogP contribution in [0.5, 0.6) is 0 Å². The second-order valence-corrected chi connectivity index (χ2v) is 4.61. The van der Waals surface area contributed by atoms with Crippen LogP contribution in [0.25, 0.3) is 0 Å². The molecular weight excluding hydrogens is 174 g/mol. The molecule has 2 heterocycles. The van der Waals surface area contributed by atoms with Crippen molar-refractivity contribution in [3.8, 4) is 0 Å². The summed E-state index contributed by atoms with van der Waals surface area (Å²) >= 11 is 0. The van der Waals surface area contributed by atoms with Gasteiger partial charge in [0.25, 0.3) is 0 Å². The Morgan fingerprint density at radius 2 is 2.50 bits per heavy atom. The summed E-state index contributed by atoms with van der Waals surface area (Å²) in [6.45, 7) is 6.81. The molecular formula is C11H19N3. The van der Waals surface area contributed by atoms with Crippen LogP contribution in [0.1, 0.15) is 31.9 Å². The monoisotopic (exact) mass is 193 g/mol.